The monoisotopic (exact) mass is 808 g/mol. The van der Waals surface area contributed by atoms with Crippen LogP contribution in [0.3, 0.4) is 0 Å². The van der Waals surface area contributed by atoms with Crippen molar-refractivity contribution in [1.82, 2.24) is 10.6 Å². The van der Waals surface area contributed by atoms with Crippen molar-refractivity contribution in [3.63, 3.8) is 0 Å². The fourth-order valence-corrected chi connectivity index (χ4v) is 5.54. The summed E-state index contributed by atoms with van der Waals surface area (Å²) in [7, 11) is -12.4. The molecular formula is C29H48N2O18S3. The van der Waals surface area contributed by atoms with Crippen molar-refractivity contribution in [1.29, 1.82) is 0 Å². The maximum Gasteiger partial charge on any atom is 0.407 e. The van der Waals surface area contributed by atoms with Crippen LogP contribution in [-0.2, 0) is 57.7 Å². The van der Waals surface area contributed by atoms with Gasteiger partial charge in [0, 0.05) is 0 Å². The molecule has 23 heteroatoms. The molecule has 0 bridgehead atoms. The lowest BCUT2D eigenvalue weighted by molar-refractivity contribution is 0.0513. The number of carbonyl (C=O) groups is 3. The summed E-state index contributed by atoms with van der Waals surface area (Å²) < 4.78 is 129. The molecule has 0 spiro atoms. The van der Waals surface area contributed by atoms with Crippen LogP contribution in [0.2, 0.25) is 0 Å². The molecule has 0 aliphatic rings. The molecule has 0 unspecified atom stereocenters. The fraction of sp³-hybridized carbons (Fsp3) is 0.690. The number of hydrogen-bond donors (Lipinski definition) is 5. The van der Waals surface area contributed by atoms with E-state index in [1.54, 1.807) is 41.5 Å². The van der Waals surface area contributed by atoms with Gasteiger partial charge in [0.1, 0.15) is 34.0 Å². The fourth-order valence-electron chi connectivity index (χ4n) is 4.09. The Morgan fingerprint density at radius 1 is 0.577 bits per heavy atom. The van der Waals surface area contributed by atoms with E-state index in [1.165, 1.54) is 0 Å². The van der Waals surface area contributed by atoms with Crippen LogP contribution in [0.25, 0.3) is 0 Å². The molecule has 1 aromatic rings. The molecule has 0 fully saturated rings. The van der Waals surface area contributed by atoms with Gasteiger partial charge in [-0.05, 0) is 60.8 Å². The van der Waals surface area contributed by atoms with Crippen LogP contribution < -0.4 is 24.8 Å². The van der Waals surface area contributed by atoms with Crippen molar-refractivity contribution in [2.24, 2.45) is 0 Å². The highest BCUT2D eigenvalue weighted by Gasteiger charge is 2.33. The Morgan fingerprint density at radius 3 is 1.15 bits per heavy atom. The first kappa shape index (κ1) is 46.4. The number of carbonyl (C=O) groups excluding carboxylic acids is 3. The second-order valence-electron chi connectivity index (χ2n) is 13.0. The molecule has 20 nitrogen and oxygen atoms in total. The Morgan fingerprint density at radius 2 is 0.885 bits per heavy atom. The highest BCUT2D eigenvalue weighted by molar-refractivity contribution is 7.86. The smallest absolute Gasteiger partial charge is 0.407 e. The lowest BCUT2D eigenvalue weighted by Crippen LogP contribution is -2.33. The Balaban J connectivity index is 4.15. The Hall–Kier alpha value is -3.64. The topological polar surface area (TPSA) is 294 Å². The Kier molecular flexibility index (Phi) is 17.3. The number of methoxy groups -OCH3 is 1. The van der Waals surface area contributed by atoms with Crippen LogP contribution >= 0.6 is 0 Å². The van der Waals surface area contributed by atoms with Crippen molar-refractivity contribution >= 4 is 48.5 Å². The summed E-state index contributed by atoms with van der Waals surface area (Å²) in [6, 6.07) is 0. The van der Waals surface area contributed by atoms with Gasteiger partial charge in [-0.2, -0.15) is 25.3 Å². The van der Waals surface area contributed by atoms with E-state index in [-0.39, 0.29) is 36.1 Å². The maximum absolute atomic E-state index is 13.5. The zero-order chi connectivity index (χ0) is 40.1. The minimum atomic E-state index is -4.45. The molecule has 1 rings (SSSR count). The summed E-state index contributed by atoms with van der Waals surface area (Å²) in [4.78, 5) is 39.0. The van der Waals surface area contributed by atoms with Gasteiger partial charge in [0.2, 0.25) is 0 Å². The molecule has 2 amide bonds. The predicted octanol–water partition coefficient (Wildman–Crippen LogP) is 2.49. The molecule has 0 saturated heterocycles. The summed E-state index contributed by atoms with van der Waals surface area (Å²) in [5.74, 6) is -4.52. The highest BCUT2D eigenvalue weighted by atomic mass is 32.2. The van der Waals surface area contributed by atoms with Gasteiger partial charge in [0.25, 0.3) is 30.4 Å². The van der Waals surface area contributed by atoms with Crippen molar-refractivity contribution < 1.29 is 81.7 Å². The lowest BCUT2D eigenvalue weighted by atomic mass is 9.99. The molecule has 0 saturated carbocycles. The molecule has 0 aromatic heterocycles. The number of benzene rings is 1. The van der Waals surface area contributed by atoms with Gasteiger partial charge in [0.05, 0.1) is 68.4 Å². The molecule has 300 valence electrons. The van der Waals surface area contributed by atoms with Gasteiger partial charge in [-0.25, -0.2) is 14.4 Å². The summed E-state index contributed by atoms with van der Waals surface area (Å²) in [6.07, 6.45) is -2.86. The van der Waals surface area contributed by atoms with E-state index in [4.69, 9.17) is 28.4 Å². The van der Waals surface area contributed by atoms with Crippen LogP contribution in [0.4, 0.5) is 9.59 Å². The zero-order valence-corrected chi connectivity index (χ0v) is 32.4. The molecular weight excluding hydrogens is 761 g/mol. The number of amides is 2. The van der Waals surface area contributed by atoms with E-state index in [1.807, 2.05) is 0 Å². The Bertz CT molecular complexity index is 1630. The highest BCUT2D eigenvalue weighted by Crippen LogP contribution is 2.45. The third-order valence-corrected chi connectivity index (χ3v) is 8.35. The molecule has 0 atom stereocenters. The van der Waals surface area contributed by atoms with Gasteiger partial charge < -0.3 is 39.1 Å². The van der Waals surface area contributed by atoms with E-state index in [2.05, 4.69) is 10.6 Å². The van der Waals surface area contributed by atoms with Gasteiger partial charge in [0.15, 0.2) is 0 Å². The summed E-state index contributed by atoms with van der Waals surface area (Å²) in [5.41, 5.74) is -2.75. The van der Waals surface area contributed by atoms with Crippen LogP contribution in [0.5, 0.6) is 17.2 Å². The molecule has 0 heterocycles. The Labute approximate surface area is 303 Å². The second kappa shape index (κ2) is 19.4. The van der Waals surface area contributed by atoms with Gasteiger partial charge >= 0.3 is 18.2 Å². The molecule has 0 radical (unpaired) electrons. The summed E-state index contributed by atoms with van der Waals surface area (Å²) in [6.45, 7) is 7.01. The molecule has 1 aromatic carbocycles. The normalized spacial score (nSPS) is 12.4. The third kappa shape index (κ3) is 19.3. The predicted molar refractivity (Wildman–Crippen MR) is 184 cm³/mol. The van der Waals surface area contributed by atoms with E-state index in [0.29, 0.717) is 0 Å². The van der Waals surface area contributed by atoms with Crippen LogP contribution in [0.15, 0.2) is 0 Å². The van der Waals surface area contributed by atoms with Crippen LogP contribution in [0, 0.1) is 0 Å². The van der Waals surface area contributed by atoms with E-state index in [0.717, 1.165) is 7.11 Å². The van der Waals surface area contributed by atoms with Crippen LogP contribution in [0.1, 0.15) is 82.3 Å². The SMILES string of the molecule is COC(=O)c1c(OCCCS(=O)(=O)O)c(CNC(=O)OC(C)(C)C)c(OCCCS(=O)(=O)O)c(CNC(=O)OC(C)(C)C)c1OCCCS(=O)(=O)O. The van der Waals surface area contributed by atoms with Gasteiger partial charge in [-0.3, -0.25) is 13.7 Å². The van der Waals surface area contributed by atoms with Crippen molar-refractivity contribution in [2.75, 3.05) is 44.2 Å². The minimum Gasteiger partial charge on any atom is -0.493 e. The largest absolute Gasteiger partial charge is 0.493 e. The minimum absolute atomic E-state index is 0.156. The van der Waals surface area contributed by atoms with Crippen LogP contribution in [-0.4, -0.2) is 112 Å². The molecule has 52 heavy (non-hydrogen) atoms. The van der Waals surface area contributed by atoms with Gasteiger partial charge in [-0.15, -0.1) is 0 Å². The quantitative estimate of drug-likeness (QED) is 0.0547. The van der Waals surface area contributed by atoms with Gasteiger partial charge in [-0.1, -0.05) is 0 Å². The van der Waals surface area contributed by atoms with E-state index in [9.17, 15) is 53.3 Å². The number of nitrogens with one attached hydrogen (secondary N) is 2. The van der Waals surface area contributed by atoms with E-state index >= 15 is 0 Å². The summed E-state index contributed by atoms with van der Waals surface area (Å²) >= 11 is 0. The maximum atomic E-state index is 13.5. The van der Waals surface area contributed by atoms with E-state index < -0.39 is 127 Å². The second-order valence-corrected chi connectivity index (χ2v) is 17.7. The summed E-state index contributed by atoms with van der Waals surface area (Å²) in [5, 5.41) is 4.94. The van der Waals surface area contributed by atoms with Crippen molar-refractivity contribution in [2.45, 2.75) is 85.1 Å². The third-order valence-electron chi connectivity index (χ3n) is 5.94. The standard InChI is InChI=1S/C29H48N2O18S3/c1-28(2,3)48-26(33)30-17-19-22(45-11-8-14-50(35,36)37)20(18-31-27(34)49-29(4,5)6)24(47-13-10-16-52(41,42)43)21(25(32)44-7)23(19)46-12-9-15-51(38,39)40/h8-18H2,1-7H3,(H,30,33)(H,31,34)(H,35,36,37)(H,38,39,40)(H,41,42,43). The first-order valence-electron chi connectivity index (χ1n) is 15.6. The lowest BCUT2D eigenvalue weighted by Gasteiger charge is -2.27. The number of alkyl carbamates (subject to hydrolysis) is 2. The first-order valence-corrected chi connectivity index (χ1v) is 20.4. The zero-order valence-electron chi connectivity index (χ0n) is 30.0. The number of esters is 1. The molecule has 5 N–H and O–H groups in total. The number of ether oxygens (including phenoxy) is 6. The number of rotatable bonds is 20. The first-order chi connectivity index (χ1) is 23.6. The molecule has 0 aliphatic carbocycles. The van der Waals surface area contributed by atoms with Crippen molar-refractivity contribution in [3.05, 3.63) is 16.7 Å². The average Bonchev–Trinajstić information content (AvgIpc) is 2.94. The van der Waals surface area contributed by atoms with Crippen molar-refractivity contribution in [3.8, 4) is 17.2 Å². The molecule has 0 aliphatic heterocycles. The average molecular weight is 809 g/mol. The number of hydrogen-bond acceptors (Lipinski definition) is 15.